The van der Waals surface area contributed by atoms with Gasteiger partial charge in [0.1, 0.15) is 15.8 Å². The monoisotopic (exact) mass is 432 g/mol. The molecular weight excluding hydrogens is 392 g/mol. The fraction of sp³-hybridized carbons (Fsp3) is 0.905. The Labute approximate surface area is 179 Å². The molecule has 7 nitrogen and oxygen atoms in total. The Kier molecular flexibility index (Phi) is 9.30. The van der Waals surface area contributed by atoms with Crippen molar-refractivity contribution in [2.45, 2.75) is 97.5 Å². The van der Waals surface area contributed by atoms with Crippen molar-refractivity contribution < 1.29 is 23.6 Å². The average Bonchev–Trinajstić information content (AvgIpc) is 2.81. The molecule has 0 aromatic rings. The lowest BCUT2D eigenvalue weighted by molar-refractivity contribution is -0.158. The molecule has 29 heavy (non-hydrogen) atoms. The molecule has 0 bridgehead atoms. The summed E-state index contributed by atoms with van der Waals surface area (Å²) in [5.74, 6) is -0.347. The summed E-state index contributed by atoms with van der Waals surface area (Å²) < 4.78 is 26.6. The van der Waals surface area contributed by atoms with Gasteiger partial charge in [-0.1, -0.05) is 13.3 Å². The van der Waals surface area contributed by atoms with Gasteiger partial charge in [0, 0.05) is 24.5 Å². The number of carbonyl (C=O) groups excluding carboxylic acids is 2. The first-order valence-corrected chi connectivity index (χ1v) is 11.7. The lowest BCUT2D eigenvalue weighted by Crippen LogP contribution is -2.59. The van der Waals surface area contributed by atoms with Crippen molar-refractivity contribution in [3.63, 3.8) is 0 Å². The molecule has 3 atom stereocenters. The molecule has 0 aromatic heterocycles. The highest BCUT2D eigenvalue weighted by molar-refractivity contribution is 7.90. The van der Waals surface area contributed by atoms with Crippen LogP contribution in [0.25, 0.3) is 0 Å². The van der Waals surface area contributed by atoms with Crippen molar-refractivity contribution in [2.75, 3.05) is 19.7 Å². The van der Waals surface area contributed by atoms with E-state index in [2.05, 4.69) is 4.72 Å². The van der Waals surface area contributed by atoms with Crippen LogP contribution in [0.15, 0.2) is 0 Å². The van der Waals surface area contributed by atoms with Crippen LogP contribution in [0.1, 0.15) is 81.1 Å². The molecule has 1 N–H and O–H groups in total. The number of ether oxygens (including phenoxy) is 2. The van der Waals surface area contributed by atoms with Crippen molar-refractivity contribution >= 4 is 23.4 Å². The van der Waals surface area contributed by atoms with Crippen LogP contribution in [-0.4, -0.2) is 57.6 Å². The Morgan fingerprint density at radius 3 is 2.28 bits per heavy atom. The second-order valence-electron chi connectivity index (χ2n) is 9.70. The average molecular weight is 433 g/mol. The normalized spacial score (nSPS) is 23.1. The van der Waals surface area contributed by atoms with E-state index in [4.69, 9.17) is 9.47 Å². The molecule has 1 fully saturated rings. The van der Waals surface area contributed by atoms with Gasteiger partial charge >= 0.3 is 12.1 Å². The fourth-order valence-electron chi connectivity index (χ4n) is 3.49. The second-order valence-corrected chi connectivity index (χ2v) is 11.7. The second kappa shape index (κ2) is 10.4. The topological polar surface area (TPSA) is 90.9 Å². The summed E-state index contributed by atoms with van der Waals surface area (Å²) in [5, 5.41) is 0. The molecule has 0 spiro atoms. The van der Waals surface area contributed by atoms with Crippen molar-refractivity contribution in [1.82, 2.24) is 9.62 Å². The summed E-state index contributed by atoms with van der Waals surface area (Å²) in [7, 11) is 0. The predicted molar refractivity (Wildman–Crippen MR) is 116 cm³/mol. The lowest BCUT2D eigenvalue weighted by atomic mass is 9.75. The summed E-state index contributed by atoms with van der Waals surface area (Å²) in [6.07, 6.45) is 2.28. The third kappa shape index (κ3) is 7.33. The van der Waals surface area contributed by atoms with E-state index in [-0.39, 0.29) is 25.2 Å². The standard InChI is InChI=1S/C21H40N2O5S/c1-9-16(22-29(26)20(6,7)8)21(17(24)27-10-2)13-11-12-14-23(15-21)18(25)28-19(3,4)5/h16,22H,9-15H2,1-8H3/t16-,21+,29?/m1/s1. The van der Waals surface area contributed by atoms with Crippen LogP contribution in [0.4, 0.5) is 4.79 Å². The van der Waals surface area contributed by atoms with Gasteiger partial charge in [0.05, 0.1) is 12.6 Å². The molecule has 0 aromatic carbocycles. The Morgan fingerprint density at radius 1 is 1.17 bits per heavy atom. The number of rotatable bonds is 6. The van der Waals surface area contributed by atoms with E-state index in [0.717, 1.165) is 12.8 Å². The van der Waals surface area contributed by atoms with Crippen molar-refractivity contribution in [1.29, 1.82) is 0 Å². The lowest BCUT2D eigenvalue weighted by Gasteiger charge is -2.41. The van der Waals surface area contributed by atoms with Gasteiger partial charge in [0.25, 0.3) is 0 Å². The van der Waals surface area contributed by atoms with Crippen LogP contribution >= 0.6 is 0 Å². The highest BCUT2D eigenvalue weighted by Gasteiger charge is 2.51. The summed E-state index contributed by atoms with van der Waals surface area (Å²) in [6, 6.07) is -0.385. The SMILES string of the molecule is CCOC(=O)[C@@]1([C@@H](CC)N[S+]([O-])C(C)(C)C)CCCCN(C(=O)OC(C)(C)C)C1. The zero-order valence-electron chi connectivity index (χ0n) is 19.4. The van der Waals surface area contributed by atoms with Crippen LogP contribution in [0.2, 0.25) is 0 Å². The fourth-order valence-corrected chi connectivity index (χ4v) is 4.49. The molecule has 1 saturated heterocycles. The molecule has 1 rings (SSSR count). The van der Waals surface area contributed by atoms with E-state index in [1.54, 1.807) is 11.8 Å². The zero-order valence-corrected chi connectivity index (χ0v) is 20.2. The molecule has 1 unspecified atom stereocenters. The van der Waals surface area contributed by atoms with Crippen LogP contribution in [0.5, 0.6) is 0 Å². The van der Waals surface area contributed by atoms with Gasteiger partial charge in [-0.25, -0.2) is 4.79 Å². The van der Waals surface area contributed by atoms with E-state index >= 15 is 0 Å². The van der Waals surface area contributed by atoms with Crippen molar-refractivity contribution in [2.24, 2.45) is 5.41 Å². The Morgan fingerprint density at radius 2 is 1.79 bits per heavy atom. The number of nitrogens with zero attached hydrogens (tertiary/aromatic N) is 1. The first-order valence-electron chi connectivity index (χ1n) is 10.6. The minimum atomic E-state index is -1.35. The third-order valence-electron chi connectivity index (χ3n) is 4.99. The molecular formula is C21H40N2O5S. The van der Waals surface area contributed by atoms with Gasteiger partial charge in [0.2, 0.25) is 0 Å². The number of likely N-dealkylation sites (tertiary alicyclic amines) is 1. The number of hydrogen-bond acceptors (Lipinski definition) is 6. The molecule has 8 heteroatoms. The summed E-state index contributed by atoms with van der Waals surface area (Å²) in [6.45, 7) is 15.8. The van der Waals surface area contributed by atoms with Gasteiger partial charge < -0.3 is 18.9 Å². The van der Waals surface area contributed by atoms with Crippen LogP contribution in [0.3, 0.4) is 0 Å². The summed E-state index contributed by atoms with van der Waals surface area (Å²) in [4.78, 5) is 27.6. The van der Waals surface area contributed by atoms with Crippen molar-refractivity contribution in [3.8, 4) is 0 Å². The molecule has 0 radical (unpaired) electrons. The largest absolute Gasteiger partial charge is 0.598 e. The number of amides is 1. The highest BCUT2D eigenvalue weighted by atomic mass is 32.2. The molecule has 1 aliphatic heterocycles. The maximum absolute atomic E-state index is 13.2. The Hall–Kier alpha value is -0.990. The number of esters is 1. The minimum Gasteiger partial charge on any atom is -0.598 e. The molecule has 1 amide bonds. The molecule has 0 aliphatic carbocycles. The number of hydrogen-bond donors (Lipinski definition) is 1. The maximum Gasteiger partial charge on any atom is 0.410 e. The first kappa shape index (κ1) is 26.0. The summed E-state index contributed by atoms with van der Waals surface area (Å²) in [5.41, 5.74) is -1.59. The van der Waals surface area contributed by atoms with Gasteiger partial charge in [-0.05, 0) is 67.7 Å². The van der Waals surface area contributed by atoms with Crippen LogP contribution in [-0.2, 0) is 25.6 Å². The Balaban J connectivity index is 3.27. The minimum absolute atomic E-state index is 0.188. The smallest absolute Gasteiger partial charge is 0.410 e. The van der Waals surface area contributed by atoms with E-state index in [1.807, 2.05) is 48.5 Å². The van der Waals surface area contributed by atoms with E-state index in [1.165, 1.54) is 0 Å². The van der Waals surface area contributed by atoms with Crippen molar-refractivity contribution in [3.05, 3.63) is 0 Å². The van der Waals surface area contributed by atoms with Crippen LogP contribution < -0.4 is 4.72 Å². The zero-order chi connectivity index (χ0) is 22.5. The first-order chi connectivity index (χ1) is 13.3. The number of carbonyl (C=O) groups is 2. The summed E-state index contributed by atoms with van der Waals surface area (Å²) >= 11 is -1.35. The number of nitrogens with one attached hydrogen (secondary N) is 1. The Bertz CT molecular complexity index is 558. The van der Waals surface area contributed by atoms with Gasteiger partial charge in [-0.15, -0.1) is 4.72 Å². The van der Waals surface area contributed by atoms with Crippen LogP contribution in [0, 0.1) is 5.41 Å². The van der Waals surface area contributed by atoms with Gasteiger partial charge in [-0.2, -0.15) is 0 Å². The van der Waals surface area contributed by atoms with E-state index in [0.29, 0.717) is 19.4 Å². The molecule has 1 aliphatic rings. The molecule has 170 valence electrons. The maximum atomic E-state index is 13.2. The quantitative estimate of drug-likeness (QED) is 0.507. The predicted octanol–water partition coefficient (Wildman–Crippen LogP) is 3.79. The highest BCUT2D eigenvalue weighted by Crippen LogP contribution is 2.37. The van der Waals surface area contributed by atoms with Gasteiger partial charge in [0.15, 0.2) is 0 Å². The van der Waals surface area contributed by atoms with E-state index < -0.39 is 33.2 Å². The third-order valence-corrected chi connectivity index (χ3v) is 6.60. The molecule has 1 heterocycles. The molecule has 0 saturated carbocycles. The van der Waals surface area contributed by atoms with Gasteiger partial charge in [-0.3, -0.25) is 4.79 Å². The van der Waals surface area contributed by atoms with E-state index in [9.17, 15) is 14.1 Å².